The molecule has 140 valence electrons. The molecule has 0 unspecified atom stereocenters. The Morgan fingerprint density at radius 1 is 1.31 bits per heavy atom. The van der Waals surface area contributed by atoms with Gasteiger partial charge in [0.1, 0.15) is 0 Å². The van der Waals surface area contributed by atoms with Gasteiger partial charge >= 0.3 is 0 Å². The lowest BCUT2D eigenvalue weighted by atomic mass is 9.94. The van der Waals surface area contributed by atoms with Crippen LogP contribution in [-0.2, 0) is 9.53 Å². The topological polar surface area (TPSA) is 70.8 Å². The number of nitrogens with two attached hydrogens (primary N) is 1. The summed E-state index contributed by atoms with van der Waals surface area (Å²) in [6, 6.07) is 10.4. The number of para-hydroxylation sites is 1. The molecule has 0 radical (unpaired) electrons. The van der Waals surface area contributed by atoms with Gasteiger partial charge in [-0.25, -0.2) is 0 Å². The molecule has 3 rings (SSSR count). The van der Waals surface area contributed by atoms with Crippen molar-refractivity contribution < 1.29 is 9.53 Å². The molecule has 1 amide bonds. The van der Waals surface area contributed by atoms with Crippen molar-refractivity contribution in [3.05, 3.63) is 54.5 Å². The van der Waals surface area contributed by atoms with E-state index >= 15 is 0 Å². The molecule has 2 saturated heterocycles. The van der Waals surface area contributed by atoms with E-state index in [0.717, 1.165) is 44.8 Å². The van der Waals surface area contributed by atoms with Gasteiger partial charge in [0.25, 0.3) is 0 Å². The highest BCUT2D eigenvalue weighted by Crippen LogP contribution is 2.22. The van der Waals surface area contributed by atoms with Gasteiger partial charge in [0.05, 0.1) is 30.6 Å². The minimum absolute atomic E-state index is 0.0122. The molecule has 0 aliphatic carbocycles. The summed E-state index contributed by atoms with van der Waals surface area (Å²) < 4.78 is 5.25. The molecule has 1 aromatic rings. The molecule has 0 bridgehead atoms. The van der Waals surface area contributed by atoms with Gasteiger partial charge in [0.15, 0.2) is 0 Å². The number of rotatable bonds is 6. The summed E-state index contributed by atoms with van der Waals surface area (Å²) in [7, 11) is 1.91. The van der Waals surface area contributed by atoms with Crippen molar-refractivity contribution in [3.8, 4) is 0 Å². The van der Waals surface area contributed by atoms with E-state index < -0.39 is 0 Å². The van der Waals surface area contributed by atoms with Crippen LogP contribution in [0.1, 0.15) is 12.8 Å². The Bertz CT molecular complexity index is 662. The van der Waals surface area contributed by atoms with Crippen LogP contribution in [0, 0.1) is 5.92 Å². The smallest absolute Gasteiger partial charge is 0.227 e. The number of ether oxygens (including phenoxy) is 1. The third-order valence-corrected chi connectivity index (χ3v) is 5.16. The number of hydrogen-bond donors (Lipinski definition) is 2. The first kappa shape index (κ1) is 18.5. The molecule has 0 spiro atoms. The molecule has 6 nitrogen and oxygen atoms in total. The maximum Gasteiger partial charge on any atom is 0.227 e. The van der Waals surface area contributed by atoms with E-state index in [2.05, 4.69) is 16.8 Å². The Balaban J connectivity index is 1.49. The van der Waals surface area contributed by atoms with Crippen LogP contribution in [0.5, 0.6) is 0 Å². The van der Waals surface area contributed by atoms with E-state index in [0.29, 0.717) is 17.4 Å². The summed E-state index contributed by atoms with van der Waals surface area (Å²) in [6.07, 6.45) is 3.50. The summed E-state index contributed by atoms with van der Waals surface area (Å²) in [5, 5.41) is 2.88. The minimum Gasteiger partial charge on any atom is -0.396 e. The lowest BCUT2D eigenvalue weighted by Gasteiger charge is -2.41. The predicted molar refractivity (Wildman–Crippen MR) is 103 cm³/mol. The maximum absolute atomic E-state index is 12.5. The van der Waals surface area contributed by atoms with Crippen LogP contribution < -0.4 is 16.0 Å². The number of nitrogens with one attached hydrogen (secondary N) is 1. The standard InChI is InChI=1S/C20H28N4O2/c1-15(19(21)12-23(2)17-6-4-3-5-7-17)22-20(25)16-8-10-24(11-9-16)18-13-26-14-18/h3-7,12,16,18H,1,8-11,13-14,21H2,2H3,(H,22,25)/b19-12+. The largest absolute Gasteiger partial charge is 0.396 e. The number of nitrogens with zero attached hydrogens (tertiary/aromatic N) is 2. The fourth-order valence-electron chi connectivity index (χ4n) is 3.31. The van der Waals surface area contributed by atoms with Gasteiger partial charge in [0, 0.05) is 24.9 Å². The fraction of sp³-hybridized carbons (Fsp3) is 0.450. The summed E-state index contributed by atoms with van der Waals surface area (Å²) in [4.78, 5) is 16.8. The average Bonchev–Trinajstić information content (AvgIpc) is 2.61. The second-order valence-corrected chi connectivity index (χ2v) is 7.00. The monoisotopic (exact) mass is 356 g/mol. The molecule has 1 aromatic carbocycles. The fourth-order valence-corrected chi connectivity index (χ4v) is 3.31. The highest BCUT2D eigenvalue weighted by Gasteiger charge is 2.32. The van der Waals surface area contributed by atoms with Crippen LogP contribution in [0.2, 0.25) is 0 Å². The van der Waals surface area contributed by atoms with Gasteiger partial charge in [-0.3, -0.25) is 9.69 Å². The van der Waals surface area contributed by atoms with Crippen LogP contribution in [0.3, 0.4) is 0 Å². The molecule has 2 fully saturated rings. The van der Waals surface area contributed by atoms with Gasteiger partial charge in [-0.05, 0) is 38.1 Å². The van der Waals surface area contributed by atoms with Crippen molar-refractivity contribution in [2.75, 3.05) is 38.3 Å². The van der Waals surface area contributed by atoms with E-state index in [1.54, 1.807) is 6.20 Å². The van der Waals surface area contributed by atoms with Crippen molar-refractivity contribution in [1.29, 1.82) is 0 Å². The van der Waals surface area contributed by atoms with E-state index in [1.807, 2.05) is 42.3 Å². The third-order valence-electron chi connectivity index (χ3n) is 5.16. The summed E-state index contributed by atoms with van der Waals surface area (Å²) >= 11 is 0. The zero-order chi connectivity index (χ0) is 18.5. The second kappa shape index (κ2) is 8.38. The number of piperidine rings is 1. The first-order chi connectivity index (χ1) is 12.5. The van der Waals surface area contributed by atoms with Gasteiger partial charge in [-0.2, -0.15) is 0 Å². The summed E-state index contributed by atoms with van der Waals surface area (Å²) in [5.74, 6) is 0.0295. The molecule has 2 heterocycles. The Labute approximate surface area is 155 Å². The summed E-state index contributed by atoms with van der Waals surface area (Å²) in [5.41, 5.74) is 8.02. The van der Waals surface area contributed by atoms with Crippen LogP contribution in [0.4, 0.5) is 5.69 Å². The Morgan fingerprint density at radius 2 is 1.96 bits per heavy atom. The van der Waals surface area contributed by atoms with Gasteiger partial charge in [-0.1, -0.05) is 24.8 Å². The maximum atomic E-state index is 12.5. The van der Waals surface area contributed by atoms with E-state index in [4.69, 9.17) is 10.5 Å². The first-order valence-electron chi connectivity index (χ1n) is 9.11. The van der Waals surface area contributed by atoms with Crippen molar-refractivity contribution in [1.82, 2.24) is 10.2 Å². The Morgan fingerprint density at radius 3 is 2.54 bits per heavy atom. The molecule has 6 heteroatoms. The number of carbonyl (C=O) groups is 1. The molecule has 2 aliphatic rings. The Hall–Kier alpha value is -2.31. The highest BCUT2D eigenvalue weighted by atomic mass is 16.5. The molecular formula is C20H28N4O2. The number of benzene rings is 1. The normalized spacial score (nSPS) is 19.7. The second-order valence-electron chi connectivity index (χ2n) is 7.00. The van der Waals surface area contributed by atoms with Crippen molar-refractivity contribution in [3.63, 3.8) is 0 Å². The number of amides is 1. The molecule has 2 aliphatic heterocycles. The lowest BCUT2D eigenvalue weighted by molar-refractivity contribution is -0.127. The van der Waals surface area contributed by atoms with Gasteiger partial charge in [-0.15, -0.1) is 0 Å². The predicted octanol–water partition coefficient (Wildman–Crippen LogP) is 1.66. The number of carbonyl (C=O) groups excluding carboxylic acids is 1. The van der Waals surface area contributed by atoms with E-state index in [9.17, 15) is 4.79 Å². The quantitative estimate of drug-likeness (QED) is 0.759. The van der Waals surface area contributed by atoms with Gasteiger partial charge < -0.3 is 20.7 Å². The molecule has 0 aromatic heterocycles. The van der Waals surface area contributed by atoms with Crippen LogP contribution in [0.15, 0.2) is 54.5 Å². The van der Waals surface area contributed by atoms with E-state index in [1.165, 1.54) is 0 Å². The highest BCUT2D eigenvalue weighted by molar-refractivity contribution is 5.81. The van der Waals surface area contributed by atoms with Gasteiger partial charge in [0.2, 0.25) is 5.91 Å². The van der Waals surface area contributed by atoms with Crippen molar-refractivity contribution in [2.24, 2.45) is 11.7 Å². The average molecular weight is 356 g/mol. The number of anilines is 1. The molecule has 0 saturated carbocycles. The molecule has 26 heavy (non-hydrogen) atoms. The minimum atomic E-state index is 0.0122. The third kappa shape index (κ3) is 4.45. The van der Waals surface area contributed by atoms with Crippen molar-refractivity contribution in [2.45, 2.75) is 18.9 Å². The van der Waals surface area contributed by atoms with E-state index in [-0.39, 0.29) is 11.8 Å². The van der Waals surface area contributed by atoms with Crippen LogP contribution >= 0.6 is 0 Å². The Kier molecular flexibility index (Phi) is 5.96. The van der Waals surface area contributed by atoms with Crippen LogP contribution in [-0.4, -0.2) is 50.2 Å². The van der Waals surface area contributed by atoms with Crippen molar-refractivity contribution >= 4 is 11.6 Å². The van der Waals surface area contributed by atoms with Crippen LogP contribution in [0.25, 0.3) is 0 Å². The molecule has 0 atom stereocenters. The summed E-state index contributed by atoms with van der Waals surface area (Å²) in [6.45, 7) is 7.46. The molecule has 3 N–H and O–H groups in total. The molecular weight excluding hydrogens is 328 g/mol. The first-order valence-corrected chi connectivity index (χ1v) is 9.11. The lowest BCUT2D eigenvalue weighted by Crippen LogP contribution is -2.52. The zero-order valence-electron chi connectivity index (χ0n) is 15.4. The SMILES string of the molecule is C=C(NC(=O)C1CCN(C2COC2)CC1)/C(N)=C\N(C)c1ccccc1. The number of likely N-dealkylation sites (tertiary alicyclic amines) is 1. The zero-order valence-corrected chi connectivity index (χ0v) is 15.4. The number of hydrogen-bond acceptors (Lipinski definition) is 5.